The minimum absolute atomic E-state index is 0.0307. The fourth-order valence-corrected chi connectivity index (χ4v) is 4.87. The molecule has 31 heavy (non-hydrogen) atoms. The van der Waals surface area contributed by atoms with E-state index in [0.29, 0.717) is 11.1 Å². The maximum Gasteiger partial charge on any atom is 0.407 e. The molecule has 3 aliphatic heterocycles. The predicted molar refractivity (Wildman–Crippen MR) is 108 cm³/mol. The molecular weight excluding hydrogens is 402 g/mol. The maximum atomic E-state index is 13.9. The zero-order valence-electron chi connectivity index (χ0n) is 17.5. The van der Waals surface area contributed by atoms with Crippen molar-refractivity contribution in [3.05, 3.63) is 29.3 Å². The number of carboxylic acid groups (broad SMARTS) is 1. The van der Waals surface area contributed by atoms with E-state index in [1.165, 1.54) is 4.90 Å². The molecule has 0 saturated carbocycles. The number of anilines is 1. The topological polar surface area (TPSA) is 134 Å². The van der Waals surface area contributed by atoms with Crippen LogP contribution in [0.4, 0.5) is 15.3 Å². The van der Waals surface area contributed by atoms with Crippen LogP contribution >= 0.6 is 0 Å². The number of carbonyl (C=O) groups is 4. The summed E-state index contributed by atoms with van der Waals surface area (Å²) in [5.41, 5.74) is -0.791. The van der Waals surface area contributed by atoms with Gasteiger partial charge in [0.1, 0.15) is 0 Å². The SMILES string of the molecule is CC(C)(C)N1C(=O)NC(=O)C2(Cc3cc(C#N)ccc3N3CCN(C(=O)O)CC32)C1=O. The molecule has 10 nitrogen and oxygen atoms in total. The smallest absolute Gasteiger partial charge is 0.407 e. The molecule has 2 fully saturated rings. The number of imide groups is 2. The third kappa shape index (κ3) is 2.91. The van der Waals surface area contributed by atoms with Gasteiger partial charge in [0.15, 0.2) is 5.41 Å². The molecule has 0 aliphatic carbocycles. The standard InChI is InChI=1S/C21H23N5O5/c1-20(2,3)26-17(28)21(16(27)23-18(26)29)9-13-8-12(10-22)4-5-14(13)25-7-6-24(19(30)31)11-15(21)25/h4-5,8,15H,6-7,9,11H2,1-3H3,(H,30,31)(H,23,27,29). The zero-order valence-corrected chi connectivity index (χ0v) is 17.5. The van der Waals surface area contributed by atoms with Crippen molar-refractivity contribution >= 4 is 29.6 Å². The number of fused-ring (bicyclic) bond motifs is 4. The lowest BCUT2D eigenvalue weighted by molar-refractivity contribution is -0.157. The van der Waals surface area contributed by atoms with E-state index >= 15 is 0 Å². The molecule has 4 rings (SSSR count). The van der Waals surface area contributed by atoms with Crippen molar-refractivity contribution in [3.63, 3.8) is 0 Å². The van der Waals surface area contributed by atoms with E-state index in [0.717, 1.165) is 10.6 Å². The van der Waals surface area contributed by atoms with Crippen molar-refractivity contribution in [1.82, 2.24) is 15.1 Å². The Balaban J connectivity index is 1.92. The Kier molecular flexibility index (Phi) is 4.46. The monoisotopic (exact) mass is 425 g/mol. The highest BCUT2D eigenvalue weighted by molar-refractivity contribution is 6.20. The van der Waals surface area contributed by atoms with E-state index in [9.17, 15) is 29.5 Å². The highest BCUT2D eigenvalue weighted by Crippen LogP contribution is 2.46. The van der Waals surface area contributed by atoms with Crippen molar-refractivity contribution in [1.29, 1.82) is 5.26 Å². The lowest BCUT2D eigenvalue weighted by Crippen LogP contribution is -2.77. The van der Waals surface area contributed by atoms with Crippen LogP contribution < -0.4 is 10.2 Å². The van der Waals surface area contributed by atoms with Crippen LogP contribution in [0, 0.1) is 16.7 Å². The number of rotatable bonds is 0. The number of nitrogens with one attached hydrogen (secondary N) is 1. The molecule has 1 aromatic rings. The summed E-state index contributed by atoms with van der Waals surface area (Å²) in [5, 5.41) is 21.2. The molecule has 162 valence electrons. The minimum Gasteiger partial charge on any atom is -0.465 e. The molecule has 2 saturated heterocycles. The predicted octanol–water partition coefficient (Wildman–Crippen LogP) is 1.15. The van der Waals surface area contributed by atoms with Crippen LogP contribution in [0.25, 0.3) is 0 Å². The zero-order chi connectivity index (χ0) is 22.7. The summed E-state index contributed by atoms with van der Waals surface area (Å²) >= 11 is 0. The molecule has 2 unspecified atom stereocenters. The fourth-order valence-electron chi connectivity index (χ4n) is 4.87. The molecular formula is C21H23N5O5. The Bertz CT molecular complexity index is 1060. The summed E-state index contributed by atoms with van der Waals surface area (Å²) in [6.45, 7) is 5.52. The summed E-state index contributed by atoms with van der Waals surface area (Å²) in [6.07, 6.45) is -1.16. The number of nitrogens with zero attached hydrogens (tertiary/aromatic N) is 4. The molecule has 10 heteroatoms. The van der Waals surface area contributed by atoms with E-state index in [1.54, 1.807) is 39.0 Å². The molecule has 2 N–H and O–H groups in total. The molecule has 5 amide bonds. The second-order valence-corrected chi connectivity index (χ2v) is 9.11. The van der Waals surface area contributed by atoms with Gasteiger partial charge in [-0.15, -0.1) is 0 Å². The van der Waals surface area contributed by atoms with Gasteiger partial charge in [0, 0.05) is 30.9 Å². The van der Waals surface area contributed by atoms with E-state index < -0.39 is 40.9 Å². The van der Waals surface area contributed by atoms with Crippen molar-refractivity contribution < 1.29 is 24.3 Å². The Morgan fingerprint density at radius 1 is 1.26 bits per heavy atom. The van der Waals surface area contributed by atoms with Gasteiger partial charge in [0.2, 0.25) is 11.8 Å². The molecule has 3 aliphatic rings. The number of urea groups is 1. The summed E-state index contributed by atoms with van der Waals surface area (Å²) in [4.78, 5) is 55.5. The van der Waals surface area contributed by atoms with Gasteiger partial charge in [-0.2, -0.15) is 5.26 Å². The van der Waals surface area contributed by atoms with Gasteiger partial charge in [-0.1, -0.05) is 0 Å². The number of amides is 5. The van der Waals surface area contributed by atoms with Gasteiger partial charge in [-0.05, 0) is 51.0 Å². The van der Waals surface area contributed by atoms with Crippen LogP contribution in [-0.4, -0.2) is 70.1 Å². The number of piperazine rings is 1. The molecule has 1 aromatic carbocycles. The van der Waals surface area contributed by atoms with Gasteiger partial charge in [0.05, 0.1) is 17.7 Å². The van der Waals surface area contributed by atoms with Crippen molar-refractivity contribution in [3.8, 4) is 6.07 Å². The normalized spacial score (nSPS) is 25.7. The first-order chi connectivity index (χ1) is 14.5. The Hall–Kier alpha value is -3.61. The number of nitriles is 1. The van der Waals surface area contributed by atoms with E-state index in [-0.39, 0.29) is 26.1 Å². The molecule has 0 aromatic heterocycles. The maximum absolute atomic E-state index is 13.9. The number of barbiturate groups is 1. The lowest BCUT2D eigenvalue weighted by Gasteiger charge is -2.56. The molecule has 2 atom stereocenters. The first-order valence-corrected chi connectivity index (χ1v) is 9.98. The Morgan fingerprint density at radius 3 is 2.58 bits per heavy atom. The number of hydrogen-bond acceptors (Lipinski definition) is 6. The van der Waals surface area contributed by atoms with Crippen LogP contribution in [-0.2, 0) is 16.0 Å². The fraction of sp³-hybridized carbons (Fsp3) is 0.476. The third-order valence-electron chi connectivity index (χ3n) is 6.29. The summed E-state index contributed by atoms with van der Waals surface area (Å²) < 4.78 is 0. The summed E-state index contributed by atoms with van der Waals surface area (Å²) in [5.74, 6) is -1.39. The number of benzene rings is 1. The Morgan fingerprint density at radius 2 is 1.97 bits per heavy atom. The first kappa shape index (κ1) is 20.7. The largest absolute Gasteiger partial charge is 0.465 e. The van der Waals surface area contributed by atoms with E-state index in [4.69, 9.17) is 0 Å². The van der Waals surface area contributed by atoms with Crippen LogP contribution in [0.2, 0.25) is 0 Å². The van der Waals surface area contributed by atoms with Crippen molar-refractivity contribution in [2.24, 2.45) is 5.41 Å². The first-order valence-electron chi connectivity index (χ1n) is 9.98. The summed E-state index contributed by atoms with van der Waals surface area (Å²) in [6, 6.07) is 5.56. The Labute approximate surface area is 179 Å². The van der Waals surface area contributed by atoms with E-state index in [1.807, 2.05) is 4.90 Å². The van der Waals surface area contributed by atoms with Gasteiger partial charge in [-0.3, -0.25) is 19.8 Å². The lowest BCUT2D eigenvalue weighted by atomic mass is 9.67. The average molecular weight is 425 g/mol. The number of carbonyl (C=O) groups excluding carboxylic acids is 3. The van der Waals surface area contributed by atoms with Crippen LogP contribution in [0.1, 0.15) is 31.9 Å². The molecule has 0 radical (unpaired) electrons. The molecule has 1 spiro atoms. The highest BCUT2D eigenvalue weighted by Gasteiger charge is 2.64. The second kappa shape index (κ2) is 6.70. The van der Waals surface area contributed by atoms with Gasteiger partial charge in [0.25, 0.3) is 0 Å². The van der Waals surface area contributed by atoms with E-state index in [2.05, 4.69) is 11.4 Å². The molecule has 0 bridgehead atoms. The van der Waals surface area contributed by atoms with Gasteiger partial charge < -0.3 is 14.9 Å². The summed E-state index contributed by atoms with van der Waals surface area (Å²) in [7, 11) is 0. The van der Waals surface area contributed by atoms with Crippen LogP contribution in [0.5, 0.6) is 0 Å². The van der Waals surface area contributed by atoms with Crippen molar-refractivity contribution in [2.75, 3.05) is 24.5 Å². The van der Waals surface area contributed by atoms with Crippen LogP contribution in [0.3, 0.4) is 0 Å². The van der Waals surface area contributed by atoms with Crippen LogP contribution in [0.15, 0.2) is 18.2 Å². The van der Waals surface area contributed by atoms with Crippen molar-refractivity contribution in [2.45, 2.75) is 38.8 Å². The highest BCUT2D eigenvalue weighted by atomic mass is 16.4. The quantitative estimate of drug-likeness (QED) is 0.596. The number of hydrogen-bond donors (Lipinski definition) is 2. The van der Waals surface area contributed by atoms with Gasteiger partial charge >= 0.3 is 12.1 Å². The second-order valence-electron chi connectivity index (χ2n) is 9.11. The third-order valence-corrected chi connectivity index (χ3v) is 6.29. The van der Waals surface area contributed by atoms with Gasteiger partial charge in [-0.25, -0.2) is 9.59 Å². The average Bonchev–Trinajstić information content (AvgIpc) is 2.69. The minimum atomic E-state index is -1.70. The molecule has 3 heterocycles.